The van der Waals surface area contributed by atoms with Crippen LogP contribution < -0.4 is 14.8 Å². The summed E-state index contributed by atoms with van der Waals surface area (Å²) in [6.45, 7) is 2.33. The molecule has 1 N–H and O–H groups in total. The van der Waals surface area contributed by atoms with Crippen molar-refractivity contribution in [3.8, 4) is 17.2 Å². The maximum absolute atomic E-state index is 5.47. The Hall–Kier alpha value is -3.48. The number of para-hydroxylation sites is 1. The van der Waals surface area contributed by atoms with E-state index in [-0.39, 0.29) is 0 Å². The van der Waals surface area contributed by atoms with Gasteiger partial charge in [-0.15, -0.1) is 0 Å². The van der Waals surface area contributed by atoms with Gasteiger partial charge in [-0.25, -0.2) is 4.68 Å². The summed E-state index contributed by atoms with van der Waals surface area (Å²) in [5, 5.41) is 7.93. The summed E-state index contributed by atoms with van der Waals surface area (Å²) >= 11 is 0. The fourth-order valence-corrected chi connectivity index (χ4v) is 3.75. The normalized spacial score (nSPS) is 13.7. The molecule has 2 heterocycles. The van der Waals surface area contributed by atoms with E-state index >= 15 is 0 Å². The molecule has 30 heavy (non-hydrogen) atoms. The summed E-state index contributed by atoms with van der Waals surface area (Å²) < 4.78 is 12.8. The van der Waals surface area contributed by atoms with Crippen molar-refractivity contribution in [1.82, 2.24) is 20.0 Å². The molecule has 7 heteroatoms. The minimum atomic E-state index is 0.662. The zero-order chi connectivity index (χ0) is 20.9. The quantitative estimate of drug-likeness (QED) is 0.522. The van der Waals surface area contributed by atoms with Gasteiger partial charge in [-0.05, 0) is 41.8 Å². The molecule has 0 radical (unpaired) electrons. The van der Waals surface area contributed by atoms with E-state index in [9.17, 15) is 0 Å². The Morgan fingerprint density at radius 2 is 1.83 bits per heavy atom. The lowest BCUT2D eigenvalue weighted by Gasteiger charge is -2.32. The monoisotopic (exact) mass is 405 g/mol. The maximum Gasteiger partial charge on any atom is 0.194 e. The highest BCUT2D eigenvalue weighted by Crippen LogP contribution is 2.33. The third-order valence-electron chi connectivity index (χ3n) is 5.34. The second kappa shape index (κ2) is 8.90. The average Bonchev–Trinajstić information content (AvgIpc) is 3.28. The molecule has 0 bridgehead atoms. The molecule has 7 nitrogen and oxygen atoms in total. The fraction of sp³-hybridized carbons (Fsp3) is 0.304. The van der Waals surface area contributed by atoms with Crippen LogP contribution in [0.5, 0.6) is 11.5 Å². The molecule has 0 unspecified atom stereocenters. The molecule has 0 atom stereocenters. The van der Waals surface area contributed by atoms with Gasteiger partial charge in [-0.3, -0.25) is 4.99 Å². The van der Waals surface area contributed by atoms with Crippen molar-refractivity contribution in [2.75, 3.05) is 27.8 Å². The molecule has 0 amide bonds. The van der Waals surface area contributed by atoms with E-state index < -0.39 is 0 Å². The summed E-state index contributed by atoms with van der Waals surface area (Å²) in [4.78, 5) is 6.75. The second-order valence-electron chi connectivity index (χ2n) is 7.18. The number of nitrogens with one attached hydrogen (secondary N) is 1. The maximum atomic E-state index is 5.47. The predicted octanol–water partition coefficient (Wildman–Crippen LogP) is 3.02. The van der Waals surface area contributed by atoms with E-state index in [0.717, 1.165) is 48.2 Å². The largest absolute Gasteiger partial charge is 0.493 e. The van der Waals surface area contributed by atoms with Gasteiger partial charge in [0, 0.05) is 38.4 Å². The Labute approximate surface area is 176 Å². The Morgan fingerprint density at radius 1 is 1.10 bits per heavy atom. The van der Waals surface area contributed by atoms with Crippen LogP contribution in [0.15, 0.2) is 59.9 Å². The van der Waals surface area contributed by atoms with E-state index in [1.807, 2.05) is 54.5 Å². The first-order chi connectivity index (χ1) is 14.7. The molecule has 4 rings (SSSR count). The van der Waals surface area contributed by atoms with Gasteiger partial charge >= 0.3 is 0 Å². The Kier molecular flexibility index (Phi) is 5.88. The number of benzene rings is 2. The molecule has 0 aliphatic carbocycles. The van der Waals surface area contributed by atoms with Crippen molar-refractivity contribution < 1.29 is 9.47 Å². The van der Waals surface area contributed by atoms with Crippen LogP contribution in [0.1, 0.15) is 16.7 Å². The minimum Gasteiger partial charge on any atom is -0.493 e. The van der Waals surface area contributed by atoms with Crippen LogP contribution in [0.2, 0.25) is 0 Å². The standard InChI is InChI=1S/C23H27N5O2/c1-24-23(25-13-17-14-26-28(15-17)20-7-5-4-6-8-20)27-10-9-18-11-21(29-2)22(30-3)12-19(18)16-27/h4-8,11-12,14-15H,9-10,13,16H2,1-3H3,(H,24,25). The van der Waals surface area contributed by atoms with Gasteiger partial charge in [0.05, 0.1) is 26.1 Å². The van der Waals surface area contributed by atoms with Crippen molar-refractivity contribution in [1.29, 1.82) is 0 Å². The molecule has 156 valence electrons. The summed E-state index contributed by atoms with van der Waals surface area (Å²) in [5.41, 5.74) is 4.68. The SMILES string of the molecule is CN=C(NCc1cnn(-c2ccccc2)c1)N1CCc2cc(OC)c(OC)cc2C1. The van der Waals surface area contributed by atoms with Crippen LogP contribution >= 0.6 is 0 Å². The first-order valence-electron chi connectivity index (χ1n) is 10.00. The third kappa shape index (κ3) is 4.10. The molecular formula is C23H27N5O2. The highest BCUT2D eigenvalue weighted by Gasteiger charge is 2.21. The lowest BCUT2D eigenvalue weighted by atomic mass is 9.99. The first kappa shape index (κ1) is 19.8. The van der Waals surface area contributed by atoms with Gasteiger partial charge < -0.3 is 19.7 Å². The lowest BCUT2D eigenvalue weighted by molar-refractivity contribution is 0.346. The van der Waals surface area contributed by atoms with Crippen molar-refractivity contribution in [2.45, 2.75) is 19.5 Å². The molecule has 1 aromatic heterocycles. The van der Waals surface area contributed by atoms with Gasteiger partial charge in [0.15, 0.2) is 17.5 Å². The Balaban J connectivity index is 1.43. The number of aromatic nitrogens is 2. The topological polar surface area (TPSA) is 63.9 Å². The molecule has 2 aromatic carbocycles. The summed E-state index contributed by atoms with van der Waals surface area (Å²) in [7, 11) is 5.16. The number of rotatable bonds is 5. The molecule has 0 saturated heterocycles. The summed E-state index contributed by atoms with van der Waals surface area (Å²) in [5.74, 6) is 2.42. The van der Waals surface area contributed by atoms with E-state index in [1.165, 1.54) is 11.1 Å². The van der Waals surface area contributed by atoms with Crippen molar-refractivity contribution >= 4 is 5.96 Å². The van der Waals surface area contributed by atoms with Crippen LogP contribution in [0.25, 0.3) is 5.69 Å². The smallest absolute Gasteiger partial charge is 0.194 e. The molecule has 3 aromatic rings. The third-order valence-corrected chi connectivity index (χ3v) is 5.34. The lowest BCUT2D eigenvalue weighted by Crippen LogP contribution is -2.43. The second-order valence-corrected chi connectivity index (χ2v) is 7.18. The molecule has 1 aliphatic rings. The summed E-state index contributed by atoms with van der Waals surface area (Å²) in [6.07, 6.45) is 4.86. The zero-order valence-electron chi connectivity index (χ0n) is 17.6. The van der Waals surface area contributed by atoms with E-state index in [2.05, 4.69) is 32.4 Å². The summed E-state index contributed by atoms with van der Waals surface area (Å²) in [6, 6.07) is 14.2. The Morgan fingerprint density at radius 3 is 2.53 bits per heavy atom. The number of aliphatic imine (C=N–C) groups is 1. The molecular weight excluding hydrogens is 378 g/mol. The molecule has 1 aliphatic heterocycles. The zero-order valence-corrected chi connectivity index (χ0v) is 17.6. The number of methoxy groups -OCH3 is 2. The number of fused-ring (bicyclic) bond motifs is 1. The number of nitrogens with zero attached hydrogens (tertiary/aromatic N) is 4. The van der Waals surface area contributed by atoms with E-state index in [0.29, 0.717) is 6.54 Å². The molecule has 0 saturated carbocycles. The van der Waals surface area contributed by atoms with Crippen LogP contribution in [-0.4, -0.2) is 48.5 Å². The number of ether oxygens (including phenoxy) is 2. The predicted molar refractivity (Wildman–Crippen MR) is 117 cm³/mol. The van der Waals surface area contributed by atoms with Crippen LogP contribution in [0, 0.1) is 0 Å². The number of hydrogen-bond acceptors (Lipinski definition) is 4. The number of guanidine groups is 1. The van der Waals surface area contributed by atoms with Crippen molar-refractivity contribution in [3.05, 3.63) is 71.5 Å². The van der Waals surface area contributed by atoms with Crippen LogP contribution in [0.4, 0.5) is 0 Å². The van der Waals surface area contributed by atoms with E-state index in [1.54, 1.807) is 14.2 Å². The van der Waals surface area contributed by atoms with Crippen molar-refractivity contribution in [3.63, 3.8) is 0 Å². The highest BCUT2D eigenvalue weighted by atomic mass is 16.5. The van der Waals surface area contributed by atoms with E-state index in [4.69, 9.17) is 9.47 Å². The average molecular weight is 406 g/mol. The minimum absolute atomic E-state index is 0.662. The molecule has 0 spiro atoms. The number of hydrogen-bond donors (Lipinski definition) is 1. The van der Waals surface area contributed by atoms with Crippen molar-refractivity contribution in [2.24, 2.45) is 4.99 Å². The van der Waals surface area contributed by atoms with Gasteiger partial charge in [0.25, 0.3) is 0 Å². The van der Waals surface area contributed by atoms with Crippen LogP contribution in [0.3, 0.4) is 0 Å². The van der Waals surface area contributed by atoms with Gasteiger partial charge in [0.2, 0.25) is 0 Å². The molecule has 0 fully saturated rings. The first-order valence-corrected chi connectivity index (χ1v) is 10.00. The van der Waals surface area contributed by atoms with Gasteiger partial charge in [-0.2, -0.15) is 5.10 Å². The van der Waals surface area contributed by atoms with Crippen LogP contribution in [-0.2, 0) is 19.5 Å². The highest BCUT2D eigenvalue weighted by molar-refractivity contribution is 5.80. The Bertz CT molecular complexity index is 1030. The van der Waals surface area contributed by atoms with Gasteiger partial charge in [0.1, 0.15) is 0 Å². The van der Waals surface area contributed by atoms with Gasteiger partial charge in [-0.1, -0.05) is 18.2 Å². The fourth-order valence-electron chi connectivity index (χ4n) is 3.75.